The van der Waals surface area contributed by atoms with Gasteiger partial charge in [0.2, 0.25) is 11.8 Å². The topological polar surface area (TPSA) is 81.3 Å². The lowest BCUT2D eigenvalue weighted by Gasteiger charge is -2.58. The minimum atomic E-state index is -0.127. The average molecular weight is 532 g/mol. The van der Waals surface area contributed by atoms with Crippen LogP contribution in [-0.2, 0) is 4.74 Å². The van der Waals surface area contributed by atoms with Crippen molar-refractivity contribution in [1.29, 1.82) is 0 Å². The Labute approximate surface area is 233 Å². The van der Waals surface area contributed by atoms with Crippen LogP contribution in [-0.4, -0.2) is 38.6 Å². The predicted octanol–water partition coefficient (Wildman–Crippen LogP) is 6.97. The first-order valence-electron chi connectivity index (χ1n) is 15.5. The van der Waals surface area contributed by atoms with Crippen LogP contribution in [0.4, 0.5) is 0 Å². The monoisotopic (exact) mass is 531 g/mol. The molecule has 3 heterocycles. The molecule has 1 N–H and O–H groups in total. The zero-order valence-corrected chi connectivity index (χ0v) is 24.1. The molecule has 3 saturated carbocycles. The summed E-state index contributed by atoms with van der Waals surface area (Å²) in [7, 11) is 0. The Bertz CT molecular complexity index is 1230. The molecule has 0 amide bonds. The highest BCUT2D eigenvalue weighted by molar-refractivity contribution is 5.50. The van der Waals surface area contributed by atoms with Crippen molar-refractivity contribution in [1.82, 2.24) is 15.2 Å². The highest BCUT2D eigenvalue weighted by Crippen LogP contribution is 2.69. The SMILES string of the molecule is C[C@H]1[C@H]2[C@H](C[C@H]3[C@@H]4CC=C5C[C@@H](O)CC[C@]5(C)[C@H]4CC[C@]23C)O[C@@H]1CC[C@@H](C)c1nnc(-c2cccnc2)o1. The van der Waals surface area contributed by atoms with E-state index in [2.05, 4.69) is 49.0 Å². The van der Waals surface area contributed by atoms with Crippen molar-refractivity contribution in [3.05, 3.63) is 42.1 Å². The molecule has 4 fully saturated rings. The lowest BCUT2D eigenvalue weighted by molar-refractivity contribution is -0.0589. The molecule has 6 nitrogen and oxygen atoms in total. The summed E-state index contributed by atoms with van der Waals surface area (Å²) >= 11 is 0. The van der Waals surface area contributed by atoms with Gasteiger partial charge in [-0.15, -0.1) is 10.2 Å². The van der Waals surface area contributed by atoms with Gasteiger partial charge in [0, 0.05) is 18.3 Å². The zero-order chi connectivity index (χ0) is 26.9. The molecule has 11 atom stereocenters. The number of aromatic nitrogens is 3. The number of fused-ring (bicyclic) bond motifs is 7. The first kappa shape index (κ1) is 25.9. The third-order valence-corrected chi connectivity index (χ3v) is 12.3. The van der Waals surface area contributed by atoms with Crippen LogP contribution in [0.2, 0.25) is 0 Å². The Hall–Kier alpha value is -2.05. The highest BCUT2D eigenvalue weighted by atomic mass is 16.5. The first-order chi connectivity index (χ1) is 18.8. The number of pyridine rings is 1. The van der Waals surface area contributed by atoms with Gasteiger partial charge in [0.15, 0.2) is 0 Å². The van der Waals surface area contributed by atoms with Crippen molar-refractivity contribution in [3.8, 4) is 11.5 Å². The van der Waals surface area contributed by atoms with E-state index in [4.69, 9.17) is 9.15 Å². The minimum Gasteiger partial charge on any atom is -0.420 e. The molecule has 7 rings (SSSR count). The number of ether oxygens (including phenoxy) is 1. The van der Waals surface area contributed by atoms with Crippen molar-refractivity contribution >= 4 is 0 Å². The van der Waals surface area contributed by atoms with Gasteiger partial charge in [-0.2, -0.15) is 0 Å². The van der Waals surface area contributed by atoms with Crippen molar-refractivity contribution in [2.45, 2.75) is 110 Å². The number of rotatable bonds is 5. The maximum Gasteiger partial charge on any atom is 0.249 e. The molecule has 5 aliphatic rings. The van der Waals surface area contributed by atoms with Gasteiger partial charge in [0.25, 0.3) is 0 Å². The molecule has 6 heteroatoms. The molecule has 0 unspecified atom stereocenters. The Kier molecular flexibility index (Phi) is 6.31. The Morgan fingerprint density at radius 1 is 1.15 bits per heavy atom. The summed E-state index contributed by atoms with van der Waals surface area (Å²) in [6.07, 6.45) is 16.8. The van der Waals surface area contributed by atoms with E-state index in [1.54, 1.807) is 18.0 Å². The van der Waals surface area contributed by atoms with Crippen LogP contribution >= 0.6 is 0 Å². The summed E-state index contributed by atoms with van der Waals surface area (Å²) in [4.78, 5) is 4.16. The molecule has 0 bridgehead atoms. The molecular weight excluding hydrogens is 486 g/mol. The van der Waals surface area contributed by atoms with Gasteiger partial charge >= 0.3 is 0 Å². The molecule has 39 heavy (non-hydrogen) atoms. The summed E-state index contributed by atoms with van der Waals surface area (Å²) in [6.45, 7) is 9.80. The Morgan fingerprint density at radius 2 is 2.03 bits per heavy atom. The average Bonchev–Trinajstić information content (AvgIpc) is 3.62. The fourth-order valence-electron chi connectivity index (χ4n) is 10.2. The maximum absolute atomic E-state index is 10.3. The summed E-state index contributed by atoms with van der Waals surface area (Å²) in [6, 6.07) is 3.84. The third-order valence-electron chi connectivity index (χ3n) is 12.3. The highest BCUT2D eigenvalue weighted by Gasteiger charge is 2.64. The molecule has 4 aliphatic carbocycles. The second-order valence-electron chi connectivity index (χ2n) is 14.2. The number of aliphatic hydroxyl groups is 1. The molecule has 1 aliphatic heterocycles. The van der Waals surface area contributed by atoms with Gasteiger partial charge in [-0.3, -0.25) is 4.98 Å². The fourth-order valence-corrected chi connectivity index (χ4v) is 10.2. The summed E-state index contributed by atoms with van der Waals surface area (Å²) in [5.41, 5.74) is 3.11. The summed E-state index contributed by atoms with van der Waals surface area (Å²) in [5, 5.41) is 18.9. The molecule has 2 aromatic rings. The standard InChI is InChI=1S/C33H45N3O3/c1-19(30-35-36-31(39-30)21-6-5-15-34-18-21)7-10-27-20(2)29-28(38-27)17-26-24-9-8-22-16-23(37)11-13-32(22,3)25(24)12-14-33(26,29)4/h5-6,8,15,18-20,23-29,37H,7,9-14,16-17H2,1-4H3/t19-,20-,23+,24-,25+,26+,27-,28+,29+,32+,33+/m1/s1. The van der Waals surface area contributed by atoms with Crippen LogP contribution in [0.5, 0.6) is 0 Å². The van der Waals surface area contributed by atoms with E-state index in [9.17, 15) is 5.11 Å². The van der Waals surface area contributed by atoms with Crippen LogP contribution < -0.4 is 0 Å². The lowest BCUT2D eigenvalue weighted by Crippen LogP contribution is -2.51. The van der Waals surface area contributed by atoms with E-state index >= 15 is 0 Å². The van der Waals surface area contributed by atoms with Gasteiger partial charge in [-0.25, -0.2) is 0 Å². The van der Waals surface area contributed by atoms with Crippen LogP contribution in [0.1, 0.15) is 97.3 Å². The molecule has 0 radical (unpaired) electrons. The summed E-state index contributed by atoms with van der Waals surface area (Å²) in [5.74, 6) is 5.02. The van der Waals surface area contributed by atoms with Crippen molar-refractivity contribution in [3.63, 3.8) is 0 Å². The van der Waals surface area contributed by atoms with Gasteiger partial charge < -0.3 is 14.3 Å². The van der Waals surface area contributed by atoms with E-state index < -0.39 is 0 Å². The van der Waals surface area contributed by atoms with Crippen LogP contribution in [0.25, 0.3) is 11.5 Å². The Morgan fingerprint density at radius 3 is 2.85 bits per heavy atom. The van der Waals surface area contributed by atoms with Gasteiger partial charge in [0.05, 0.1) is 23.9 Å². The number of hydrogen-bond donors (Lipinski definition) is 1. The number of aliphatic hydroxyl groups excluding tert-OH is 1. The van der Waals surface area contributed by atoms with Crippen LogP contribution in [0.15, 0.2) is 40.6 Å². The van der Waals surface area contributed by atoms with Crippen molar-refractivity contribution < 1.29 is 14.3 Å². The second-order valence-corrected chi connectivity index (χ2v) is 14.2. The van der Waals surface area contributed by atoms with Crippen LogP contribution in [0, 0.1) is 40.4 Å². The van der Waals surface area contributed by atoms with E-state index in [1.165, 1.54) is 25.7 Å². The second kappa shape index (κ2) is 9.51. The molecule has 1 saturated heterocycles. The van der Waals surface area contributed by atoms with Gasteiger partial charge in [0.1, 0.15) is 0 Å². The smallest absolute Gasteiger partial charge is 0.249 e. The molecule has 0 aromatic carbocycles. The first-order valence-corrected chi connectivity index (χ1v) is 15.5. The summed E-state index contributed by atoms with van der Waals surface area (Å²) < 4.78 is 12.9. The van der Waals surface area contributed by atoms with Gasteiger partial charge in [-0.1, -0.05) is 39.3 Å². The third kappa shape index (κ3) is 4.07. The number of nitrogens with zero attached hydrogens (tertiary/aromatic N) is 3. The van der Waals surface area contributed by atoms with E-state index in [0.717, 1.165) is 55.4 Å². The lowest BCUT2D eigenvalue weighted by atomic mass is 9.47. The number of hydrogen-bond acceptors (Lipinski definition) is 6. The van der Waals surface area contributed by atoms with Crippen molar-refractivity contribution in [2.75, 3.05) is 0 Å². The quantitative estimate of drug-likeness (QED) is 0.420. The van der Waals surface area contributed by atoms with Crippen molar-refractivity contribution in [2.24, 2.45) is 40.4 Å². The largest absolute Gasteiger partial charge is 0.420 e. The Balaban J connectivity index is 1.02. The normalized spacial score (nSPS) is 43.7. The molecule has 210 valence electrons. The van der Waals surface area contributed by atoms with Crippen LogP contribution in [0.3, 0.4) is 0 Å². The maximum atomic E-state index is 10.3. The molecular formula is C33H45N3O3. The zero-order valence-electron chi connectivity index (χ0n) is 24.1. The van der Waals surface area contributed by atoms with E-state index in [1.807, 2.05) is 12.1 Å². The predicted molar refractivity (Wildman–Crippen MR) is 150 cm³/mol. The molecule has 2 aromatic heterocycles. The van der Waals surface area contributed by atoms with E-state index in [-0.39, 0.29) is 12.0 Å². The minimum absolute atomic E-state index is 0.127. The van der Waals surface area contributed by atoms with E-state index in [0.29, 0.717) is 46.7 Å². The molecule has 0 spiro atoms. The number of allylic oxidation sites excluding steroid dienone is 1. The van der Waals surface area contributed by atoms with Gasteiger partial charge in [-0.05, 0) is 110 Å². The fraction of sp³-hybridized carbons (Fsp3) is 0.727.